The van der Waals surface area contributed by atoms with Gasteiger partial charge in [-0.3, -0.25) is 9.59 Å². The van der Waals surface area contributed by atoms with Crippen molar-refractivity contribution < 1.29 is 33.8 Å². The molecule has 0 aliphatic rings. The maximum Gasteiger partial charge on any atom is 0.268 e. The van der Waals surface area contributed by atoms with E-state index in [0.717, 1.165) is 19.1 Å². The SMILES string of the molecule is CC(=O)N/C(=C/c1ccc(F)cc1)C(=O)N[C@H](CCC(=O)[O-])C(=O)[O-]. The average Bonchev–Trinajstić information content (AvgIpc) is 2.51. The van der Waals surface area contributed by atoms with Gasteiger partial charge >= 0.3 is 0 Å². The molecule has 0 fully saturated rings. The third-order valence-electron chi connectivity index (χ3n) is 2.96. The lowest BCUT2D eigenvalue weighted by molar-refractivity contribution is -0.310. The second-order valence-corrected chi connectivity index (χ2v) is 5.05. The minimum absolute atomic E-state index is 0.293. The molecule has 0 spiro atoms. The normalized spacial score (nSPS) is 12.2. The van der Waals surface area contributed by atoms with Crippen molar-refractivity contribution in [3.8, 4) is 0 Å². The van der Waals surface area contributed by atoms with Gasteiger partial charge in [0.2, 0.25) is 5.91 Å². The highest BCUT2D eigenvalue weighted by Crippen LogP contribution is 2.08. The van der Waals surface area contributed by atoms with Crippen molar-refractivity contribution >= 4 is 29.8 Å². The molecule has 0 bridgehead atoms. The molecule has 0 aliphatic carbocycles. The maximum atomic E-state index is 12.9. The minimum atomic E-state index is -1.68. The van der Waals surface area contributed by atoms with E-state index in [1.807, 2.05) is 0 Å². The Hall–Kier alpha value is -3.23. The lowest BCUT2D eigenvalue weighted by atomic mass is 10.1. The molecule has 25 heavy (non-hydrogen) atoms. The summed E-state index contributed by atoms with van der Waals surface area (Å²) in [5, 5.41) is 25.7. The first-order valence-corrected chi connectivity index (χ1v) is 7.15. The number of carboxylic acids is 2. The van der Waals surface area contributed by atoms with E-state index in [-0.39, 0.29) is 5.70 Å². The zero-order valence-corrected chi connectivity index (χ0v) is 13.2. The number of aliphatic carboxylic acids is 2. The molecule has 0 radical (unpaired) electrons. The minimum Gasteiger partial charge on any atom is -0.550 e. The fourth-order valence-electron chi connectivity index (χ4n) is 1.82. The highest BCUT2D eigenvalue weighted by Gasteiger charge is 2.17. The molecule has 0 saturated heterocycles. The molecule has 2 amide bonds. The molecule has 0 unspecified atom stereocenters. The van der Waals surface area contributed by atoms with Gasteiger partial charge in [-0.15, -0.1) is 0 Å². The number of halogens is 1. The van der Waals surface area contributed by atoms with Crippen molar-refractivity contribution in [2.75, 3.05) is 0 Å². The van der Waals surface area contributed by atoms with E-state index in [0.29, 0.717) is 5.56 Å². The van der Waals surface area contributed by atoms with Gasteiger partial charge in [-0.1, -0.05) is 12.1 Å². The van der Waals surface area contributed by atoms with E-state index in [2.05, 4.69) is 10.6 Å². The summed E-state index contributed by atoms with van der Waals surface area (Å²) in [5.41, 5.74) is 0.0823. The number of hydrogen-bond acceptors (Lipinski definition) is 6. The van der Waals surface area contributed by atoms with Crippen LogP contribution in [-0.4, -0.2) is 29.8 Å². The second kappa shape index (κ2) is 9.16. The molecule has 1 aromatic carbocycles. The van der Waals surface area contributed by atoms with Crippen LogP contribution in [0.5, 0.6) is 0 Å². The predicted molar refractivity (Wildman–Crippen MR) is 79.4 cm³/mol. The zero-order chi connectivity index (χ0) is 19.0. The Morgan fingerprint density at radius 2 is 1.76 bits per heavy atom. The summed E-state index contributed by atoms with van der Waals surface area (Å²) >= 11 is 0. The smallest absolute Gasteiger partial charge is 0.268 e. The molecular weight excluding hydrogens is 335 g/mol. The van der Waals surface area contributed by atoms with Crippen LogP contribution in [0.15, 0.2) is 30.0 Å². The first kappa shape index (κ1) is 19.8. The number of carboxylic acid groups (broad SMARTS) is 2. The Morgan fingerprint density at radius 1 is 1.16 bits per heavy atom. The molecule has 134 valence electrons. The van der Waals surface area contributed by atoms with Gasteiger partial charge in [0, 0.05) is 12.9 Å². The van der Waals surface area contributed by atoms with Crippen LogP contribution in [0.25, 0.3) is 6.08 Å². The molecule has 0 saturated carbocycles. The van der Waals surface area contributed by atoms with Gasteiger partial charge in [-0.2, -0.15) is 0 Å². The van der Waals surface area contributed by atoms with Crippen LogP contribution in [0.4, 0.5) is 4.39 Å². The van der Waals surface area contributed by atoms with Gasteiger partial charge in [-0.05, 0) is 36.6 Å². The zero-order valence-electron chi connectivity index (χ0n) is 13.2. The highest BCUT2D eigenvalue weighted by molar-refractivity contribution is 6.02. The standard InChI is InChI=1S/C16H17FN2O6/c1-9(20)18-13(8-10-2-4-11(17)5-3-10)15(23)19-12(16(24)25)6-7-14(21)22/h2-5,8,12H,6-7H2,1H3,(H,18,20)(H,19,23)(H,21,22)(H,24,25)/p-2/b13-8+/t12-/m1/s1. The first-order chi connectivity index (χ1) is 11.7. The summed E-state index contributed by atoms with van der Waals surface area (Å²) in [6, 6.07) is 3.38. The van der Waals surface area contributed by atoms with Gasteiger partial charge in [0.25, 0.3) is 5.91 Å². The Balaban J connectivity index is 2.98. The molecule has 1 atom stereocenters. The summed E-state index contributed by atoms with van der Waals surface area (Å²) in [6.07, 6.45) is 0.164. The third kappa shape index (κ3) is 7.25. The largest absolute Gasteiger partial charge is 0.550 e. The average molecular weight is 350 g/mol. The molecule has 2 N–H and O–H groups in total. The van der Waals surface area contributed by atoms with Crippen molar-refractivity contribution in [1.82, 2.24) is 10.6 Å². The third-order valence-corrected chi connectivity index (χ3v) is 2.96. The Kier molecular flexibility index (Phi) is 7.26. The fraction of sp³-hybridized carbons (Fsp3) is 0.250. The van der Waals surface area contributed by atoms with Gasteiger partial charge in [0.1, 0.15) is 11.5 Å². The van der Waals surface area contributed by atoms with Gasteiger partial charge in [0.15, 0.2) is 0 Å². The summed E-state index contributed by atoms with van der Waals surface area (Å²) in [5.74, 6) is -5.22. The molecule has 1 aromatic rings. The highest BCUT2D eigenvalue weighted by atomic mass is 19.1. The second-order valence-electron chi connectivity index (χ2n) is 5.05. The summed E-state index contributed by atoms with van der Waals surface area (Å²) in [6.45, 7) is 1.14. The van der Waals surface area contributed by atoms with Crippen LogP contribution < -0.4 is 20.8 Å². The van der Waals surface area contributed by atoms with Gasteiger partial charge in [-0.25, -0.2) is 4.39 Å². The number of rotatable bonds is 8. The van der Waals surface area contributed by atoms with Crippen molar-refractivity contribution in [3.05, 3.63) is 41.3 Å². The van der Waals surface area contributed by atoms with Crippen LogP contribution in [-0.2, 0) is 19.2 Å². The quantitative estimate of drug-likeness (QED) is 0.524. The van der Waals surface area contributed by atoms with E-state index in [1.165, 1.54) is 18.2 Å². The van der Waals surface area contributed by atoms with E-state index in [9.17, 15) is 33.8 Å². The topological polar surface area (TPSA) is 138 Å². The Bertz CT molecular complexity index is 699. The van der Waals surface area contributed by atoms with Crippen molar-refractivity contribution in [1.29, 1.82) is 0 Å². The molecule has 9 heteroatoms. The maximum absolute atomic E-state index is 12.9. The van der Waals surface area contributed by atoms with E-state index < -0.39 is 48.5 Å². The fourth-order valence-corrected chi connectivity index (χ4v) is 1.82. The van der Waals surface area contributed by atoms with Crippen LogP contribution in [0.2, 0.25) is 0 Å². The molecule has 0 heterocycles. The lowest BCUT2D eigenvalue weighted by Crippen LogP contribution is -2.50. The van der Waals surface area contributed by atoms with Crippen molar-refractivity contribution in [3.63, 3.8) is 0 Å². The number of amides is 2. The van der Waals surface area contributed by atoms with Crippen molar-refractivity contribution in [2.24, 2.45) is 0 Å². The summed E-state index contributed by atoms with van der Waals surface area (Å²) < 4.78 is 12.9. The monoisotopic (exact) mass is 350 g/mol. The molecule has 1 rings (SSSR count). The molecule has 8 nitrogen and oxygen atoms in total. The number of carbonyl (C=O) groups excluding carboxylic acids is 4. The van der Waals surface area contributed by atoms with Gasteiger partial charge in [0.05, 0.1) is 12.0 Å². The van der Waals surface area contributed by atoms with Crippen LogP contribution >= 0.6 is 0 Å². The van der Waals surface area contributed by atoms with Crippen LogP contribution in [0.3, 0.4) is 0 Å². The van der Waals surface area contributed by atoms with E-state index in [1.54, 1.807) is 0 Å². The van der Waals surface area contributed by atoms with Crippen LogP contribution in [0.1, 0.15) is 25.3 Å². The van der Waals surface area contributed by atoms with Crippen molar-refractivity contribution in [2.45, 2.75) is 25.8 Å². The number of hydrogen-bond donors (Lipinski definition) is 2. The number of nitrogens with one attached hydrogen (secondary N) is 2. The first-order valence-electron chi connectivity index (χ1n) is 7.15. The van der Waals surface area contributed by atoms with E-state index >= 15 is 0 Å². The molecular formula is C16H15FN2O6-2. The van der Waals surface area contributed by atoms with E-state index in [4.69, 9.17) is 0 Å². The summed E-state index contributed by atoms with van der Waals surface area (Å²) in [4.78, 5) is 44.8. The molecule has 0 aliphatic heterocycles. The lowest BCUT2D eigenvalue weighted by Gasteiger charge is -2.21. The predicted octanol–water partition coefficient (Wildman–Crippen LogP) is -1.93. The number of benzene rings is 1. The molecule has 0 aromatic heterocycles. The Labute approximate surface area is 142 Å². The van der Waals surface area contributed by atoms with Gasteiger partial charge < -0.3 is 30.4 Å². The van der Waals surface area contributed by atoms with Crippen LogP contribution in [0, 0.1) is 5.82 Å². The number of carbonyl (C=O) groups is 4. The Morgan fingerprint density at radius 3 is 2.24 bits per heavy atom. The summed E-state index contributed by atoms with van der Waals surface area (Å²) in [7, 11) is 0.